The van der Waals surface area contributed by atoms with Gasteiger partial charge in [-0.3, -0.25) is 4.79 Å². The normalized spacial score (nSPS) is 18.1. The van der Waals surface area contributed by atoms with E-state index in [9.17, 15) is 13.2 Å². The molecule has 0 saturated heterocycles. The van der Waals surface area contributed by atoms with E-state index >= 15 is 0 Å². The van der Waals surface area contributed by atoms with Gasteiger partial charge in [-0.25, -0.2) is 8.42 Å². The second kappa shape index (κ2) is 3.39. The van der Waals surface area contributed by atoms with Gasteiger partial charge < -0.3 is 0 Å². The van der Waals surface area contributed by atoms with Crippen LogP contribution in [0.3, 0.4) is 0 Å². The van der Waals surface area contributed by atoms with Gasteiger partial charge in [0.15, 0.2) is 5.78 Å². The highest BCUT2D eigenvalue weighted by Gasteiger charge is 2.13. The zero-order valence-corrected chi connectivity index (χ0v) is 7.86. The highest BCUT2D eigenvalue weighted by atomic mass is 32.2. The third-order valence-electron chi connectivity index (χ3n) is 1.85. The Kier molecular flexibility index (Phi) is 2.67. The van der Waals surface area contributed by atoms with Gasteiger partial charge in [0, 0.05) is 12.7 Å². The van der Waals surface area contributed by atoms with E-state index in [2.05, 4.69) is 0 Å². The molecule has 0 atom stereocenters. The summed E-state index contributed by atoms with van der Waals surface area (Å²) in [6.07, 6.45) is 4.60. The predicted octanol–water partition coefficient (Wildman–Crippen LogP) is 0.710. The first kappa shape index (κ1) is 9.45. The molecule has 68 valence electrons. The van der Waals surface area contributed by atoms with Crippen LogP contribution in [0.5, 0.6) is 0 Å². The summed E-state index contributed by atoms with van der Waals surface area (Å²) < 4.78 is 21.5. The Morgan fingerprint density at radius 2 is 2.08 bits per heavy atom. The summed E-state index contributed by atoms with van der Waals surface area (Å²) in [5, 5.41) is 0. The number of carbonyl (C=O) groups excluding carboxylic acids is 1. The van der Waals surface area contributed by atoms with Crippen molar-refractivity contribution in [1.82, 2.24) is 0 Å². The summed E-state index contributed by atoms with van der Waals surface area (Å²) >= 11 is 0. The minimum Gasteiger partial charge on any atom is -0.295 e. The number of carbonyl (C=O) groups is 1. The molecule has 0 fully saturated rings. The SMILES string of the molecule is CS(=O)(=O)CCC1=CC(=O)CC1. The van der Waals surface area contributed by atoms with Crippen molar-refractivity contribution in [3.63, 3.8) is 0 Å². The van der Waals surface area contributed by atoms with Crippen molar-refractivity contribution in [1.29, 1.82) is 0 Å². The Hall–Kier alpha value is -0.640. The molecule has 1 aliphatic rings. The first-order valence-corrected chi connectivity index (χ1v) is 5.93. The van der Waals surface area contributed by atoms with Crippen molar-refractivity contribution in [2.75, 3.05) is 12.0 Å². The number of rotatable bonds is 3. The topological polar surface area (TPSA) is 51.2 Å². The van der Waals surface area contributed by atoms with E-state index in [-0.39, 0.29) is 11.5 Å². The number of allylic oxidation sites excluding steroid dienone is 2. The van der Waals surface area contributed by atoms with E-state index in [0.717, 1.165) is 12.0 Å². The minimum atomic E-state index is -2.88. The lowest BCUT2D eigenvalue weighted by molar-refractivity contribution is -0.114. The van der Waals surface area contributed by atoms with Crippen molar-refractivity contribution in [3.8, 4) is 0 Å². The fraction of sp³-hybridized carbons (Fsp3) is 0.625. The van der Waals surface area contributed by atoms with Crippen molar-refractivity contribution in [3.05, 3.63) is 11.6 Å². The molecule has 0 saturated carbocycles. The van der Waals surface area contributed by atoms with Gasteiger partial charge >= 0.3 is 0 Å². The summed E-state index contributed by atoms with van der Waals surface area (Å²) in [5.41, 5.74) is 0.977. The number of ketones is 1. The van der Waals surface area contributed by atoms with Gasteiger partial charge in [0.25, 0.3) is 0 Å². The fourth-order valence-corrected chi connectivity index (χ4v) is 1.80. The molecule has 3 nitrogen and oxygen atoms in total. The number of hydrogen-bond donors (Lipinski definition) is 0. The maximum atomic E-state index is 10.8. The molecule has 1 aliphatic carbocycles. The molecular formula is C8H12O3S. The molecule has 0 aromatic rings. The first-order valence-electron chi connectivity index (χ1n) is 3.87. The van der Waals surface area contributed by atoms with E-state index in [1.54, 1.807) is 6.08 Å². The Balaban J connectivity index is 2.44. The molecule has 0 bridgehead atoms. The lowest BCUT2D eigenvalue weighted by Crippen LogP contribution is -2.03. The first-order chi connectivity index (χ1) is 5.47. The summed E-state index contributed by atoms with van der Waals surface area (Å²) in [6.45, 7) is 0. The van der Waals surface area contributed by atoms with Crippen molar-refractivity contribution < 1.29 is 13.2 Å². The quantitative estimate of drug-likeness (QED) is 0.655. The van der Waals surface area contributed by atoms with Crippen LogP contribution in [0.4, 0.5) is 0 Å². The van der Waals surface area contributed by atoms with Crippen LogP contribution in [0.2, 0.25) is 0 Å². The van der Waals surface area contributed by atoms with Crippen LogP contribution in [-0.2, 0) is 14.6 Å². The fourth-order valence-electron chi connectivity index (χ4n) is 1.17. The van der Waals surface area contributed by atoms with E-state index < -0.39 is 9.84 Å². The van der Waals surface area contributed by atoms with Crippen LogP contribution < -0.4 is 0 Å². The molecule has 0 aliphatic heterocycles. The molecule has 12 heavy (non-hydrogen) atoms. The average molecular weight is 188 g/mol. The Morgan fingerprint density at radius 1 is 1.42 bits per heavy atom. The molecule has 4 heteroatoms. The molecule has 0 N–H and O–H groups in total. The van der Waals surface area contributed by atoms with Crippen LogP contribution >= 0.6 is 0 Å². The van der Waals surface area contributed by atoms with Crippen LogP contribution in [0.1, 0.15) is 19.3 Å². The predicted molar refractivity (Wildman–Crippen MR) is 46.7 cm³/mol. The van der Waals surface area contributed by atoms with Gasteiger partial charge in [-0.05, 0) is 18.9 Å². The maximum Gasteiger partial charge on any atom is 0.155 e. The van der Waals surface area contributed by atoms with Gasteiger partial charge in [-0.15, -0.1) is 0 Å². The lowest BCUT2D eigenvalue weighted by Gasteiger charge is -1.98. The van der Waals surface area contributed by atoms with Gasteiger partial charge in [-0.1, -0.05) is 5.57 Å². The zero-order valence-electron chi connectivity index (χ0n) is 7.04. The second-order valence-electron chi connectivity index (χ2n) is 3.15. The molecular weight excluding hydrogens is 176 g/mol. The molecule has 0 radical (unpaired) electrons. The van der Waals surface area contributed by atoms with Crippen molar-refractivity contribution >= 4 is 15.6 Å². The minimum absolute atomic E-state index is 0.124. The highest BCUT2D eigenvalue weighted by molar-refractivity contribution is 7.90. The van der Waals surface area contributed by atoms with Crippen LogP contribution in [0, 0.1) is 0 Å². The molecule has 0 aromatic heterocycles. The number of hydrogen-bond acceptors (Lipinski definition) is 3. The summed E-state index contributed by atoms with van der Waals surface area (Å²) in [6, 6.07) is 0. The lowest BCUT2D eigenvalue weighted by atomic mass is 10.2. The van der Waals surface area contributed by atoms with Gasteiger partial charge in [-0.2, -0.15) is 0 Å². The van der Waals surface area contributed by atoms with Crippen molar-refractivity contribution in [2.45, 2.75) is 19.3 Å². The molecule has 0 amide bonds. The van der Waals surface area contributed by atoms with E-state index in [1.807, 2.05) is 0 Å². The Bertz CT molecular complexity index is 311. The van der Waals surface area contributed by atoms with Crippen LogP contribution in [0.25, 0.3) is 0 Å². The molecule has 1 rings (SSSR count). The number of sulfone groups is 1. The molecule has 0 heterocycles. The third-order valence-corrected chi connectivity index (χ3v) is 2.80. The summed E-state index contributed by atoms with van der Waals surface area (Å²) in [5.74, 6) is 0.282. The Morgan fingerprint density at radius 3 is 2.50 bits per heavy atom. The van der Waals surface area contributed by atoms with Crippen LogP contribution in [0.15, 0.2) is 11.6 Å². The van der Waals surface area contributed by atoms with Gasteiger partial charge in [0.1, 0.15) is 9.84 Å². The van der Waals surface area contributed by atoms with Crippen LogP contribution in [-0.4, -0.2) is 26.2 Å². The smallest absolute Gasteiger partial charge is 0.155 e. The highest BCUT2D eigenvalue weighted by Crippen LogP contribution is 2.18. The third kappa shape index (κ3) is 3.17. The standard InChI is InChI=1S/C8H12O3S/c1-12(10,11)5-4-7-2-3-8(9)6-7/h6H,2-5H2,1H3. The molecule has 0 spiro atoms. The van der Waals surface area contributed by atoms with E-state index in [4.69, 9.17) is 0 Å². The van der Waals surface area contributed by atoms with E-state index in [1.165, 1.54) is 6.26 Å². The second-order valence-corrected chi connectivity index (χ2v) is 5.41. The maximum absolute atomic E-state index is 10.8. The van der Waals surface area contributed by atoms with E-state index in [0.29, 0.717) is 12.8 Å². The largest absolute Gasteiger partial charge is 0.295 e. The summed E-state index contributed by atoms with van der Waals surface area (Å²) in [7, 11) is -2.88. The average Bonchev–Trinajstić information content (AvgIpc) is 2.30. The van der Waals surface area contributed by atoms with Gasteiger partial charge in [0.2, 0.25) is 0 Å². The molecule has 0 aromatic carbocycles. The monoisotopic (exact) mass is 188 g/mol. The molecule has 0 unspecified atom stereocenters. The zero-order chi connectivity index (χ0) is 9.19. The Labute approximate surface area is 72.4 Å². The van der Waals surface area contributed by atoms with Gasteiger partial charge in [0.05, 0.1) is 5.75 Å². The van der Waals surface area contributed by atoms with Crippen molar-refractivity contribution in [2.24, 2.45) is 0 Å². The summed E-state index contributed by atoms with van der Waals surface area (Å²) in [4.78, 5) is 10.8.